The Labute approximate surface area is 118 Å². The van der Waals surface area contributed by atoms with Crippen molar-refractivity contribution in [3.05, 3.63) is 59.2 Å². The van der Waals surface area contributed by atoms with Gasteiger partial charge in [-0.3, -0.25) is 4.79 Å². The summed E-state index contributed by atoms with van der Waals surface area (Å²) in [7, 11) is 0. The Hall–Kier alpha value is -1.92. The fourth-order valence-electron chi connectivity index (χ4n) is 1.62. The molecule has 0 radical (unpaired) electrons. The zero-order chi connectivity index (χ0) is 14.7. The molecule has 0 bridgehead atoms. The van der Waals surface area contributed by atoms with Crippen LogP contribution in [0.4, 0.5) is 14.5 Å². The molecule has 0 aliphatic carbocycles. The molecule has 1 amide bonds. The van der Waals surface area contributed by atoms with Crippen LogP contribution in [0.3, 0.4) is 0 Å². The lowest BCUT2D eigenvalue weighted by Gasteiger charge is -2.08. The van der Waals surface area contributed by atoms with Gasteiger partial charge < -0.3 is 9.87 Å². The zero-order valence-electron chi connectivity index (χ0n) is 10.5. The predicted molar refractivity (Wildman–Crippen MR) is 74.0 cm³/mol. The van der Waals surface area contributed by atoms with E-state index in [1.165, 1.54) is 12.1 Å². The molecule has 0 unspecified atom stereocenters. The molecule has 20 heavy (non-hydrogen) atoms. The molecule has 0 aromatic heterocycles. The summed E-state index contributed by atoms with van der Waals surface area (Å²) in [5.74, 6) is -2.47. The van der Waals surface area contributed by atoms with Crippen LogP contribution < -0.4 is 5.32 Å². The molecule has 0 saturated heterocycles. The summed E-state index contributed by atoms with van der Waals surface area (Å²) < 4.78 is 34.9. The van der Waals surface area contributed by atoms with E-state index in [0.717, 1.165) is 17.7 Å². The van der Waals surface area contributed by atoms with Crippen molar-refractivity contribution in [1.82, 2.24) is 0 Å². The van der Waals surface area contributed by atoms with E-state index in [-0.39, 0.29) is 5.69 Å². The Kier molecular flexibility index (Phi) is 4.36. The standard InChI is InChI=1S/C14H11F2NO2S/c1-8-2-3-9(6-13(8)20-19)14(18)17-10-4-5-11(15)12(16)7-10/h2-7,19H,1H3,(H,17,18). The number of amides is 1. The number of halogens is 2. The Bertz CT molecular complexity index is 662. The summed E-state index contributed by atoms with van der Waals surface area (Å²) in [6.45, 7) is 1.80. The molecular weight excluding hydrogens is 284 g/mol. The third kappa shape index (κ3) is 3.15. The molecule has 2 rings (SSSR count). The third-order valence-corrected chi connectivity index (χ3v) is 3.36. The van der Waals surface area contributed by atoms with Gasteiger partial charge in [-0.05, 0) is 36.8 Å². The van der Waals surface area contributed by atoms with E-state index < -0.39 is 17.5 Å². The Morgan fingerprint density at radius 3 is 2.55 bits per heavy atom. The summed E-state index contributed by atoms with van der Waals surface area (Å²) in [5.41, 5.74) is 1.31. The van der Waals surface area contributed by atoms with Crippen molar-refractivity contribution < 1.29 is 18.1 Å². The molecule has 6 heteroatoms. The highest BCUT2D eigenvalue weighted by Crippen LogP contribution is 2.21. The van der Waals surface area contributed by atoms with Crippen LogP contribution in [-0.2, 0) is 0 Å². The Balaban J connectivity index is 2.21. The summed E-state index contributed by atoms with van der Waals surface area (Å²) >= 11 is 0.548. The number of carbonyl (C=O) groups excluding carboxylic acids is 1. The second-order valence-corrected chi connectivity index (χ2v) is 4.78. The molecule has 3 nitrogen and oxygen atoms in total. The quantitative estimate of drug-likeness (QED) is 0.838. The lowest BCUT2D eigenvalue weighted by atomic mass is 10.1. The predicted octanol–water partition coefficient (Wildman–Crippen LogP) is 4.09. The Morgan fingerprint density at radius 1 is 1.15 bits per heavy atom. The van der Waals surface area contributed by atoms with Gasteiger partial charge in [-0.1, -0.05) is 6.07 Å². The van der Waals surface area contributed by atoms with E-state index >= 15 is 0 Å². The molecule has 2 aromatic rings. The largest absolute Gasteiger partial charge is 0.325 e. The number of hydrogen-bond donors (Lipinski definition) is 2. The van der Waals surface area contributed by atoms with Gasteiger partial charge in [0.15, 0.2) is 11.6 Å². The molecule has 2 aromatic carbocycles. The van der Waals surface area contributed by atoms with Crippen LogP contribution in [0.2, 0.25) is 0 Å². The van der Waals surface area contributed by atoms with Crippen LogP contribution in [-0.4, -0.2) is 10.5 Å². The highest BCUT2D eigenvalue weighted by molar-refractivity contribution is 7.93. The van der Waals surface area contributed by atoms with Gasteiger partial charge in [-0.2, -0.15) is 0 Å². The molecule has 0 aliphatic rings. The first-order valence-corrected chi connectivity index (χ1v) is 6.47. The van der Waals surface area contributed by atoms with E-state index in [2.05, 4.69) is 5.32 Å². The summed E-state index contributed by atoms with van der Waals surface area (Å²) in [6, 6.07) is 7.92. The second-order valence-electron chi connectivity index (χ2n) is 4.15. The fraction of sp³-hybridized carbons (Fsp3) is 0.0714. The number of nitrogens with one attached hydrogen (secondary N) is 1. The second kappa shape index (κ2) is 6.02. The van der Waals surface area contributed by atoms with Crippen LogP contribution in [0.25, 0.3) is 0 Å². The van der Waals surface area contributed by atoms with Crippen molar-refractivity contribution in [1.29, 1.82) is 0 Å². The van der Waals surface area contributed by atoms with E-state index in [1.54, 1.807) is 19.1 Å². The average Bonchev–Trinajstić information content (AvgIpc) is 2.43. The molecule has 0 aliphatic heterocycles. The molecule has 2 N–H and O–H groups in total. The van der Waals surface area contributed by atoms with E-state index in [9.17, 15) is 13.6 Å². The monoisotopic (exact) mass is 295 g/mol. The van der Waals surface area contributed by atoms with Crippen LogP contribution in [0.1, 0.15) is 15.9 Å². The zero-order valence-corrected chi connectivity index (χ0v) is 11.3. The van der Waals surface area contributed by atoms with Gasteiger partial charge in [-0.15, -0.1) is 0 Å². The number of anilines is 1. The number of aryl methyl sites for hydroxylation is 1. The lowest BCUT2D eigenvalue weighted by molar-refractivity contribution is 0.102. The number of benzene rings is 2. The van der Waals surface area contributed by atoms with Gasteiger partial charge in [-0.25, -0.2) is 8.78 Å². The van der Waals surface area contributed by atoms with E-state index in [0.29, 0.717) is 22.5 Å². The number of rotatable bonds is 3. The highest BCUT2D eigenvalue weighted by atomic mass is 32.2. The normalized spacial score (nSPS) is 10.4. The van der Waals surface area contributed by atoms with Crippen molar-refractivity contribution in [2.24, 2.45) is 0 Å². The van der Waals surface area contributed by atoms with Crippen LogP contribution >= 0.6 is 12.0 Å². The summed E-state index contributed by atoms with van der Waals surface area (Å²) in [6.07, 6.45) is 0. The summed E-state index contributed by atoms with van der Waals surface area (Å²) in [4.78, 5) is 12.5. The van der Waals surface area contributed by atoms with Crippen molar-refractivity contribution in [3.63, 3.8) is 0 Å². The molecule has 104 valence electrons. The van der Waals surface area contributed by atoms with Crippen molar-refractivity contribution >= 4 is 23.6 Å². The van der Waals surface area contributed by atoms with Gasteiger partial charge in [0.1, 0.15) is 0 Å². The molecule has 0 spiro atoms. The van der Waals surface area contributed by atoms with E-state index in [1.807, 2.05) is 0 Å². The van der Waals surface area contributed by atoms with Crippen molar-refractivity contribution in [2.45, 2.75) is 11.8 Å². The summed E-state index contributed by atoms with van der Waals surface area (Å²) in [5, 5.41) is 2.46. The minimum Gasteiger partial charge on any atom is -0.325 e. The maximum absolute atomic E-state index is 13.0. The first-order valence-electron chi connectivity index (χ1n) is 5.69. The van der Waals surface area contributed by atoms with Crippen molar-refractivity contribution in [3.8, 4) is 0 Å². The molecular formula is C14H11F2NO2S. The maximum atomic E-state index is 13.0. The number of hydrogen-bond acceptors (Lipinski definition) is 3. The van der Waals surface area contributed by atoms with E-state index in [4.69, 9.17) is 4.55 Å². The smallest absolute Gasteiger partial charge is 0.255 e. The first-order chi connectivity index (χ1) is 9.51. The highest BCUT2D eigenvalue weighted by Gasteiger charge is 2.10. The topological polar surface area (TPSA) is 49.3 Å². The molecule has 0 fully saturated rings. The minimum absolute atomic E-state index is 0.160. The van der Waals surface area contributed by atoms with Gasteiger partial charge in [0.05, 0.1) is 0 Å². The SMILES string of the molecule is Cc1ccc(C(=O)Nc2ccc(F)c(F)c2)cc1SO. The molecule has 0 atom stereocenters. The van der Waals surface area contributed by atoms with Crippen LogP contribution in [0.5, 0.6) is 0 Å². The minimum atomic E-state index is -1.03. The molecule has 0 heterocycles. The first kappa shape index (κ1) is 14.5. The average molecular weight is 295 g/mol. The lowest BCUT2D eigenvalue weighted by Crippen LogP contribution is -2.12. The Morgan fingerprint density at radius 2 is 1.90 bits per heavy atom. The number of carbonyl (C=O) groups is 1. The van der Waals surface area contributed by atoms with Gasteiger partial charge in [0.2, 0.25) is 0 Å². The third-order valence-electron chi connectivity index (χ3n) is 2.73. The maximum Gasteiger partial charge on any atom is 0.255 e. The van der Waals surface area contributed by atoms with Gasteiger partial charge in [0.25, 0.3) is 5.91 Å². The van der Waals surface area contributed by atoms with Crippen LogP contribution in [0, 0.1) is 18.6 Å². The van der Waals surface area contributed by atoms with Crippen molar-refractivity contribution in [2.75, 3.05) is 5.32 Å². The fourth-order valence-corrected chi connectivity index (χ4v) is 2.01. The van der Waals surface area contributed by atoms with Crippen LogP contribution in [0.15, 0.2) is 41.3 Å². The molecule has 0 saturated carbocycles. The van der Waals surface area contributed by atoms with Gasteiger partial charge in [0, 0.05) is 34.3 Å². The van der Waals surface area contributed by atoms with Gasteiger partial charge >= 0.3 is 0 Å².